The van der Waals surface area contributed by atoms with Gasteiger partial charge >= 0.3 is 0 Å². The van der Waals surface area contributed by atoms with E-state index in [9.17, 15) is 0 Å². The van der Waals surface area contributed by atoms with Gasteiger partial charge in [0.2, 0.25) is 5.95 Å². The molecule has 1 saturated heterocycles. The van der Waals surface area contributed by atoms with E-state index in [1.807, 2.05) is 10.7 Å². The highest BCUT2D eigenvalue weighted by Crippen LogP contribution is 2.26. The van der Waals surface area contributed by atoms with E-state index in [1.165, 1.54) is 0 Å². The molecule has 0 bridgehead atoms. The van der Waals surface area contributed by atoms with Gasteiger partial charge in [-0.1, -0.05) is 0 Å². The van der Waals surface area contributed by atoms with Gasteiger partial charge < -0.3 is 20.1 Å². The van der Waals surface area contributed by atoms with Gasteiger partial charge in [0, 0.05) is 51.2 Å². The number of morpholine rings is 1. The number of hydrogen-bond donors (Lipinski definition) is 1. The summed E-state index contributed by atoms with van der Waals surface area (Å²) in [6.45, 7) is 5.21. The second-order valence-corrected chi connectivity index (χ2v) is 7.08. The summed E-state index contributed by atoms with van der Waals surface area (Å²) in [5, 5.41) is 4.79. The Morgan fingerprint density at radius 1 is 1.24 bits per heavy atom. The van der Waals surface area contributed by atoms with Gasteiger partial charge in [0.1, 0.15) is 5.52 Å². The Morgan fingerprint density at radius 3 is 2.72 bits per heavy atom. The van der Waals surface area contributed by atoms with E-state index < -0.39 is 0 Å². The van der Waals surface area contributed by atoms with Crippen LogP contribution in [0, 0.1) is 0 Å². The molecule has 4 heterocycles. The smallest absolute Gasteiger partial charge is 0.219 e. The maximum Gasteiger partial charge on any atom is 0.219 e. The number of rotatable bonds is 7. The number of fused-ring (bicyclic) bond motifs is 1. The fourth-order valence-corrected chi connectivity index (χ4v) is 3.32. The Balaban J connectivity index is 1.72. The van der Waals surface area contributed by atoms with Crippen LogP contribution in [0.2, 0.25) is 0 Å². The van der Waals surface area contributed by atoms with Gasteiger partial charge in [-0.05, 0) is 13.1 Å². The molecule has 0 unspecified atom stereocenters. The van der Waals surface area contributed by atoms with Gasteiger partial charge in [-0.25, -0.2) is 19.5 Å². The van der Waals surface area contributed by atoms with Crippen LogP contribution < -0.4 is 10.6 Å². The molecule has 10 heteroatoms. The lowest BCUT2D eigenvalue weighted by Gasteiger charge is -2.28. The molecule has 0 spiro atoms. The third kappa shape index (κ3) is 4.44. The van der Waals surface area contributed by atoms with E-state index in [0.29, 0.717) is 19.8 Å². The summed E-state index contributed by atoms with van der Waals surface area (Å²) in [7, 11) is 3.77. The Labute approximate surface area is 169 Å². The molecule has 0 radical (unpaired) electrons. The molecule has 3 aromatic rings. The SMILES string of the molecule is COCCN(C)Cc1cc2c(N3CCOCC3)nc(-c3cnc(N)nc3)cn2n1. The largest absolute Gasteiger partial charge is 0.383 e. The molecule has 1 fully saturated rings. The summed E-state index contributed by atoms with van der Waals surface area (Å²) >= 11 is 0. The molecule has 1 aliphatic heterocycles. The fourth-order valence-electron chi connectivity index (χ4n) is 3.32. The maximum absolute atomic E-state index is 5.63. The predicted molar refractivity (Wildman–Crippen MR) is 110 cm³/mol. The van der Waals surface area contributed by atoms with Crippen molar-refractivity contribution in [3.63, 3.8) is 0 Å². The molecule has 29 heavy (non-hydrogen) atoms. The Morgan fingerprint density at radius 2 is 2.00 bits per heavy atom. The van der Waals surface area contributed by atoms with Crippen LogP contribution in [0.5, 0.6) is 0 Å². The number of likely N-dealkylation sites (N-methyl/N-ethyl adjacent to an activating group) is 1. The second-order valence-electron chi connectivity index (χ2n) is 7.08. The molecular weight excluding hydrogens is 372 g/mol. The number of anilines is 2. The van der Waals surface area contributed by atoms with E-state index in [0.717, 1.165) is 54.5 Å². The predicted octanol–water partition coefficient (Wildman–Crippen LogP) is 0.683. The number of nitrogen functional groups attached to an aromatic ring is 1. The molecule has 0 aliphatic carbocycles. The summed E-state index contributed by atoms with van der Waals surface area (Å²) < 4.78 is 12.6. The van der Waals surface area contributed by atoms with Gasteiger partial charge in [-0.3, -0.25) is 4.90 Å². The molecule has 3 aromatic heterocycles. The molecule has 154 valence electrons. The molecule has 0 amide bonds. The van der Waals surface area contributed by atoms with Crippen molar-refractivity contribution in [3.05, 3.63) is 30.4 Å². The van der Waals surface area contributed by atoms with Crippen LogP contribution in [-0.2, 0) is 16.0 Å². The molecule has 4 rings (SSSR count). The average molecular weight is 398 g/mol. The molecular formula is C19H26N8O2. The highest BCUT2D eigenvalue weighted by atomic mass is 16.5. The Hall–Kier alpha value is -2.82. The molecule has 10 nitrogen and oxygen atoms in total. The van der Waals surface area contributed by atoms with Gasteiger partial charge in [-0.2, -0.15) is 5.10 Å². The zero-order valence-corrected chi connectivity index (χ0v) is 16.8. The summed E-state index contributed by atoms with van der Waals surface area (Å²) in [4.78, 5) is 17.5. The third-order valence-electron chi connectivity index (χ3n) is 4.87. The molecule has 0 atom stereocenters. The van der Waals surface area contributed by atoms with Crippen molar-refractivity contribution in [2.24, 2.45) is 0 Å². The van der Waals surface area contributed by atoms with Crippen LogP contribution in [0.15, 0.2) is 24.7 Å². The van der Waals surface area contributed by atoms with Crippen molar-refractivity contribution in [2.75, 3.05) is 64.2 Å². The quantitative estimate of drug-likeness (QED) is 0.615. The van der Waals surface area contributed by atoms with Crippen LogP contribution in [-0.4, -0.2) is 83.1 Å². The van der Waals surface area contributed by atoms with Gasteiger partial charge in [0.05, 0.1) is 37.4 Å². The summed E-state index contributed by atoms with van der Waals surface area (Å²) in [5.41, 5.74) is 9.13. The van der Waals surface area contributed by atoms with Crippen molar-refractivity contribution in [1.82, 2.24) is 29.5 Å². The lowest BCUT2D eigenvalue weighted by Crippen LogP contribution is -2.37. The Kier molecular flexibility index (Phi) is 5.84. The van der Waals surface area contributed by atoms with E-state index in [2.05, 4.69) is 32.9 Å². The van der Waals surface area contributed by atoms with Gasteiger partial charge in [-0.15, -0.1) is 0 Å². The van der Waals surface area contributed by atoms with E-state index in [1.54, 1.807) is 19.5 Å². The lowest BCUT2D eigenvalue weighted by molar-refractivity contribution is 0.122. The third-order valence-corrected chi connectivity index (χ3v) is 4.87. The number of methoxy groups -OCH3 is 1. The molecule has 2 N–H and O–H groups in total. The van der Waals surface area contributed by atoms with Crippen molar-refractivity contribution < 1.29 is 9.47 Å². The van der Waals surface area contributed by atoms with E-state index >= 15 is 0 Å². The van der Waals surface area contributed by atoms with E-state index in [-0.39, 0.29) is 5.95 Å². The van der Waals surface area contributed by atoms with Crippen LogP contribution in [0.1, 0.15) is 5.69 Å². The summed E-state index contributed by atoms with van der Waals surface area (Å²) in [6, 6.07) is 2.10. The average Bonchev–Trinajstić information content (AvgIpc) is 3.15. The van der Waals surface area contributed by atoms with Crippen molar-refractivity contribution in [3.8, 4) is 11.3 Å². The highest BCUT2D eigenvalue weighted by Gasteiger charge is 2.19. The van der Waals surface area contributed by atoms with Crippen molar-refractivity contribution >= 4 is 17.3 Å². The molecule has 0 saturated carbocycles. The topological polar surface area (TPSA) is 107 Å². The normalized spacial score (nSPS) is 14.8. The summed E-state index contributed by atoms with van der Waals surface area (Å²) in [5.74, 6) is 1.13. The zero-order valence-electron chi connectivity index (χ0n) is 16.8. The number of nitrogens with zero attached hydrogens (tertiary/aromatic N) is 7. The maximum atomic E-state index is 5.63. The number of ether oxygens (including phenoxy) is 2. The highest BCUT2D eigenvalue weighted by molar-refractivity contribution is 5.73. The monoisotopic (exact) mass is 398 g/mol. The standard InChI is InChI=1S/C19H26N8O2/c1-25(3-6-28-2)12-15-9-17-18(26-4-7-29-8-5-26)23-16(13-27(17)24-15)14-10-21-19(20)22-11-14/h9-11,13H,3-8,12H2,1-2H3,(H2,20,21,22). The van der Waals surface area contributed by atoms with Crippen molar-refractivity contribution in [1.29, 1.82) is 0 Å². The minimum atomic E-state index is 0.240. The molecule has 0 aromatic carbocycles. The van der Waals surface area contributed by atoms with Gasteiger partial charge in [0.25, 0.3) is 0 Å². The van der Waals surface area contributed by atoms with E-state index in [4.69, 9.17) is 25.3 Å². The first-order valence-electron chi connectivity index (χ1n) is 9.61. The number of aromatic nitrogens is 5. The Bertz CT molecular complexity index is 953. The fraction of sp³-hybridized carbons (Fsp3) is 0.474. The first-order chi connectivity index (χ1) is 14.1. The van der Waals surface area contributed by atoms with Crippen LogP contribution in [0.25, 0.3) is 16.8 Å². The minimum Gasteiger partial charge on any atom is -0.383 e. The summed E-state index contributed by atoms with van der Waals surface area (Å²) in [6.07, 6.45) is 5.28. The number of hydrogen-bond acceptors (Lipinski definition) is 9. The lowest BCUT2D eigenvalue weighted by atomic mass is 10.2. The first-order valence-corrected chi connectivity index (χ1v) is 9.61. The first kappa shape index (κ1) is 19.5. The zero-order chi connectivity index (χ0) is 20.2. The van der Waals surface area contributed by atoms with Crippen LogP contribution >= 0.6 is 0 Å². The molecule has 1 aliphatic rings. The van der Waals surface area contributed by atoms with Crippen molar-refractivity contribution in [2.45, 2.75) is 6.54 Å². The minimum absolute atomic E-state index is 0.240. The second kappa shape index (κ2) is 8.68. The van der Waals surface area contributed by atoms with Crippen LogP contribution in [0.4, 0.5) is 11.8 Å². The van der Waals surface area contributed by atoms with Gasteiger partial charge in [0.15, 0.2) is 5.82 Å². The van der Waals surface area contributed by atoms with Crippen LogP contribution in [0.3, 0.4) is 0 Å². The number of nitrogens with two attached hydrogens (primary N) is 1.